The minimum Gasteiger partial charge on any atom is -0.385 e. The molecule has 0 aliphatic rings. The van der Waals surface area contributed by atoms with Crippen LogP contribution in [-0.2, 0) is 5.60 Å². The van der Waals surface area contributed by atoms with Crippen LogP contribution in [0.3, 0.4) is 0 Å². The van der Waals surface area contributed by atoms with Gasteiger partial charge >= 0.3 is 0 Å². The summed E-state index contributed by atoms with van der Waals surface area (Å²) in [6.07, 6.45) is 5.01. The molecule has 0 fully saturated rings. The molecule has 90 valence electrons. The monoisotopic (exact) mass is 240 g/mol. The van der Waals surface area contributed by atoms with Gasteiger partial charge < -0.3 is 5.11 Å². The van der Waals surface area contributed by atoms with Gasteiger partial charge in [-0.3, -0.25) is 0 Å². The van der Waals surface area contributed by atoms with Crippen LogP contribution in [0, 0.1) is 0 Å². The first kappa shape index (κ1) is 13.5. The van der Waals surface area contributed by atoms with Crippen LogP contribution in [0.4, 0.5) is 0 Å². The van der Waals surface area contributed by atoms with Gasteiger partial charge in [0.15, 0.2) is 0 Å². The molecule has 1 unspecified atom stereocenters. The minimum absolute atomic E-state index is 0.681. The van der Waals surface area contributed by atoms with Crippen LogP contribution >= 0.6 is 11.6 Å². The number of halogens is 1. The Hall–Kier alpha value is -0.530. The summed E-state index contributed by atoms with van der Waals surface area (Å²) in [5, 5.41) is 11.3. The van der Waals surface area contributed by atoms with Gasteiger partial charge in [0.25, 0.3) is 0 Å². The van der Waals surface area contributed by atoms with Crippen LogP contribution in [0.2, 0.25) is 5.02 Å². The van der Waals surface area contributed by atoms with E-state index in [2.05, 4.69) is 6.92 Å². The fraction of sp³-hybridized carbons (Fsp3) is 0.571. The summed E-state index contributed by atoms with van der Waals surface area (Å²) >= 11 is 5.85. The van der Waals surface area contributed by atoms with Crippen molar-refractivity contribution in [1.82, 2.24) is 0 Å². The van der Waals surface area contributed by atoms with Crippen molar-refractivity contribution in [3.63, 3.8) is 0 Å². The second kappa shape index (κ2) is 6.27. The zero-order valence-electron chi connectivity index (χ0n) is 10.2. The van der Waals surface area contributed by atoms with Gasteiger partial charge in [0.05, 0.1) is 5.60 Å². The van der Waals surface area contributed by atoms with Crippen molar-refractivity contribution in [2.75, 3.05) is 0 Å². The van der Waals surface area contributed by atoms with Crippen molar-refractivity contribution in [2.24, 2.45) is 0 Å². The molecule has 0 aromatic heterocycles. The quantitative estimate of drug-likeness (QED) is 0.725. The molecular weight excluding hydrogens is 220 g/mol. The Kier molecular flexibility index (Phi) is 5.30. The Morgan fingerprint density at radius 3 is 2.25 bits per heavy atom. The van der Waals surface area contributed by atoms with Crippen LogP contribution < -0.4 is 0 Å². The highest BCUT2D eigenvalue weighted by molar-refractivity contribution is 6.30. The Morgan fingerprint density at radius 2 is 1.75 bits per heavy atom. The Labute approximate surface area is 103 Å². The van der Waals surface area contributed by atoms with E-state index in [-0.39, 0.29) is 0 Å². The number of hydrogen-bond donors (Lipinski definition) is 1. The van der Waals surface area contributed by atoms with Crippen LogP contribution in [0.1, 0.15) is 51.5 Å². The number of benzene rings is 1. The minimum atomic E-state index is -0.681. The van der Waals surface area contributed by atoms with Gasteiger partial charge in [-0.2, -0.15) is 0 Å². The third-order valence-corrected chi connectivity index (χ3v) is 3.41. The molecule has 1 atom stereocenters. The van der Waals surface area contributed by atoms with Gasteiger partial charge in [-0.25, -0.2) is 0 Å². The number of rotatable bonds is 6. The zero-order chi connectivity index (χ0) is 12.0. The zero-order valence-corrected chi connectivity index (χ0v) is 10.9. The summed E-state index contributed by atoms with van der Waals surface area (Å²) in [6, 6.07) is 7.55. The van der Waals surface area contributed by atoms with E-state index in [4.69, 9.17) is 11.6 Å². The van der Waals surface area contributed by atoms with E-state index in [9.17, 15) is 5.11 Å². The second-order valence-corrected chi connectivity index (χ2v) is 4.79. The predicted molar refractivity (Wildman–Crippen MR) is 69.8 cm³/mol. The van der Waals surface area contributed by atoms with Crippen LogP contribution in [0.5, 0.6) is 0 Å². The Balaban J connectivity index is 2.74. The summed E-state index contributed by atoms with van der Waals surface area (Å²) in [5.41, 5.74) is 0.301. The first-order chi connectivity index (χ1) is 7.62. The summed E-state index contributed by atoms with van der Waals surface area (Å²) in [7, 11) is 0. The molecule has 1 aromatic carbocycles. The fourth-order valence-electron chi connectivity index (χ4n) is 1.95. The highest BCUT2D eigenvalue weighted by Gasteiger charge is 2.26. The highest BCUT2D eigenvalue weighted by Crippen LogP contribution is 2.31. The fourth-order valence-corrected chi connectivity index (χ4v) is 2.08. The van der Waals surface area contributed by atoms with Gasteiger partial charge in [-0.1, -0.05) is 56.8 Å². The molecule has 1 nitrogen and oxygen atoms in total. The SMILES string of the molecule is CCCCCC(O)(CC)c1ccc(Cl)cc1. The molecule has 1 N–H and O–H groups in total. The van der Waals surface area contributed by atoms with Crippen LogP contribution in [0.25, 0.3) is 0 Å². The summed E-state index contributed by atoms with van der Waals surface area (Å²) in [4.78, 5) is 0. The maximum absolute atomic E-state index is 10.6. The lowest BCUT2D eigenvalue weighted by Gasteiger charge is -2.27. The Morgan fingerprint density at radius 1 is 1.12 bits per heavy atom. The molecule has 0 bridgehead atoms. The molecule has 0 aliphatic heterocycles. The van der Waals surface area contributed by atoms with Gasteiger partial charge in [0.2, 0.25) is 0 Å². The van der Waals surface area contributed by atoms with E-state index in [0.717, 1.165) is 29.8 Å². The van der Waals surface area contributed by atoms with Gasteiger partial charge in [0, 0.05) is 5.02 Å². The van der Waals surface area contributed by atoms with Crippen molar-refractivity contribution < 1.29 is 5.11 Å². The maximum atomic E-state index is 10.6. The molecule has 0 saturated carbocycles. The van der Waals surface area contributed by atoms with E-state index in [0.29, 0.717) is 0 Å². The van der Waals surface area contributed by atoms with E-state index in [1.807, 2.05) is 31.2 Å². The largest absolute Gasteiger partial charge is 0.385 e. The predicted octanol–water partition coefficient (Wildman–Crippen LogP) is 4.52. The van der Waals surface area contributed by atoms with Gasteiger partial charge in [-0.05, 0) is 30.5 Å². The van der Waals surface area contributed by atoms with Crippen molar-refractivity contribution in [2.45, 2.75) is 51.6 Å². The van der Waals surface area contributed by atoms with E-state index < -0.39 is 5.60 Å². The van der Waals surface area contributed by atoms with E-state index in [1.54, 1.807) is 0 Å². The summed E-state index contributed by atoms with van der Waals surface area (Å²) < 4.78 is 0. The van der Waals surface area contributed by atoms with Gasteiger partial charge in [0.1, 0.15) is 0 Å². The lowest BCUT2D eigenvalue weighted by molar-refractivity contribution is 0.0208. The van der Waals surface area contributed by atoms with Crippen LogP contribution in [-0.4, -0.2) is 5.11 Å². The number of unbranched alkanes of at least 4 members (excludes halogenated alkanes) is 2. The molecule has 0 saturated heterocycles. The molecule has 16 heavy (non-hydrogen) atoms. The van der Waals surface area contributed by atoms with Crippen molar-refractivity contribution in [3.05, 3.63) is 34.9 Å². The smallest absolute Gasteiger partial charge is 0.0894 e. The van der Waals surface area contributed by atoms with E-state index in [1.165, 1.54) is 12.8 Å². The molecule has 2 heteroatoms. The average Bonchev–Trinajstić information content (AvgIpc) is 2.30. The molecule has 0 spiro atoms. The molecule has 1 rings (SSSR count). The van der Waals surface area contributed by atoms with Gasteiger partial charge in [-0.15, -0.1) is 0 Å². The Bertz CT molecular complexity index is 307. The van der Waals surface area contributed by atoms with Crippen LogP contribution in [0.15, 0.2) is 24.3 Å². The molecule has 0 amide bonds. The third kappa shape index (κ3) is 3.50. The molecule has 0 aliphatic carbocycles. The number of aliphatic hydroxyl groups is 1. The molecule has 0 radical (unpaired) electrons. The maximum Gasteiger partial charge on any atom is 0.0894 e. The molecule has 0 heterocycles. The first-order valence-electron chi connectivity index (χ1n) is 6.11. The molecule has 1 aromatic rings. The standard InChI is InChI=1S/C14H21ClO/c1-3-5-6-11-14(16,4-2)12-7-9-13(15)10-8-12/h7-10,16H,3-6,11H2,1-2H3. The van der Waals surface area contributed by atoms with Crippen molar-refractivity contribution in [1.29, 1.82) is 0 Å². The normalized spacial score (nSPS) is 14.8. The average molecular weight is 241 g/mol. The summed E-state index contributed by atoms with van der Waals surface area (Å²) in [6.45, 7) is 4.20. The lowest BCUT2D eigenvalue weighted by Crippen LogP contribution is -2.24. The number of hydrogen-bond acceptors (Lipinski definition) is 1. The third-order valence-electron chi connectivity index (χ3n) is 3.16. The molecular formula is C14H21ClO. The van der Waals surface area contributed by atoms with E-state index >= 15 is 0 Å². The summed E-state index contributed by atoms with van der Waals surface area (Å²) in [5.74, 6) is 0. The topological polar surface area (TPSA) is 20.2 Å². The van der Waals surface area contributed by atoms with Crippen molar-refractivity contribution >= 4 is 11.6 Å². The first-order valence-corrected chi connectivity index (χ1v) is 6.48. The lowest BCUT2D eigenvalue weighted by atomic mass is 9.86. The second-order valence-electron chi connectivity index (χ2n) is 4.35. The van der Waals surface area contributed by atoms with Crippen molar-refractivity contribution in [3.8, 4) is 0 Å². The highest BCUT2D eigenvalue weighted by atomic mass is 35.5.